The van der Waals surface area contributed by atoms with E-state index in [4.69, 9.17) is 0 Å². The normalized spacial score (nSPS) is 30.4. The third kappa shape index (κ3) is 3.22. The second kappa shape index (κ2) is 5.59. The average molecular weight is 300 g/mol. The molecule has 0 spiro atoms. The lowest BCUT2D eigenvalue weighted by atomic mass is 9.96. The van der Waals surface area contributed by atoms with Gasteiger partial charge in [0.15, 0.2) is 0 Å². The highest BCUT2D eigenvalue weighted by atomic mass is 19.4. The summed E-state index contributed by atoms with van der Waals surface area (Å²) in [6.45, 7) is 4.87. The van der Waals surface area contributed by atoms with Crippen molar-refractivity contribution in [2.75, 3.05) is 32.7 Å². The summed E-state index contributed by atoms with van der Waals surface area (Å²) in [6, 6.07) is 5.18. The number of halogens is 3. The van der Waals surface area contributed by atoms with Crippen LogP contribution in [0, 0.1) is 0 Å². The minimum absolute atomic E-state index is 0.0924. The molecule has 3 saturated heterocycles. The quantitative estimate of drug-likeness (QED) is 0.919. The highest BCUT2D eigenvalue weighted by molar-refractivity contribution is 5.25. The first-order valence-electron chi connectivity index (χ1n) is 7.24. The van der Waals surface area contributed by atoms with Gasteiger partial charge in [0.05, 0.1) is 11.7 Å². The maximum absolute atomic E-state index is 12.5. The van der Waals surface area contributed by atoms with Gasteiger partial charge in [-0.25, -0.2) is 0 Å². The first-order chi connectivity index (χ1) is 9.93. The Hall–Kier alpha value is -1.11. The molecular weight excluding hydrogens is 281 g/mol. The SMILES string of the molecule is OC(Cc1ccc(C(F)(F)F)cc1)C1CN2CCN1CC2. The van der Waals surface area contributed by atoms with E-state index in [1.165, 1.54) is 12.1 Å². The number of hydrogen-bond donors (Lipinski definition) is 1. The largest absolute Gasteiger partial charge is 0.416 e. The lowest BCUT2D eigenvalue weighted by Crippen LogP contribution is -2.64. The molecule has 4 rings (SSSR count). The highest BCUT2D eigenvalue weighted by Gasteiger charge is 2.36. The lowest BCUT2D eigenvalue weighted by Gasteiger charge is -2.49. The van der Waals surface area contributed by atoms with Crippen molar-refractivity contribution in [2.24, 2.45) is 0 Å². The summed E-state index contributed by atoms with van der Waals surface area (Å²) in [6.07, 6.45) is -4.45. The van der Waals surface area contributed by atoms with Crippen LogP contribution in [0.1, 0.15) is 11.1 Å². The van der Waals surface area contributed by atoms with Crippen LogP contribution in [0.15, 0.2) is 24.3 Å². The van der Waals surface area contributed by atoms with Crippen molar-refractivity contribution >= 4 is 0 Å². The highest BCUT2D eigenvalue weighted by Crippen LogP contribution is 2.29. The summed E-state index contributed by atoms with van der Waals surface area (Å²) in [4.78, 5) is 4.62. The van der Waals surface area contributed by atoms with E-state index in [1.807, 2.05) is 0 Å². The van der Waals surface area contributed by atoms with Gasteiger partial charge in [-0.2, -0.15) is 13.2 Å². The monoisotopic (exact) mass is 300 g/mol. The zero-order chi connectivity index (χ0) is 15.0. The van der Waals surface area contributed by atoms with Crippen LogP contribution in [0.25, 0.3) is 0 Å². The number of benzene rings is 1. The zero-order valence-electron chi connectivity index (χ0n) is 11.7. The summed E-state index contributed by atoms with van der Waals surface area (Å²) >= 11 is 0. The molecular formula is C15H19F3N2O. The van der Waals surface area contributed by atoms with Crippen molar-refractivity contribution in [3.05, 3.63) is 35.4 Å². The van der Waals surface area contributed by atoms with Crippen molar-refractivity contribution < 1.29 is 18.3 Å². The summed E-state index contributed by atoms with van der Waals surface area (Å²) in [7, 11) is 0. The standard InChI is InChI=1S/C15H19F3N2O/c16-15(17,18)12-3-1-11(2-4-12)9-14(21)13-10-19-5-7-20(13)8-6-19/h1-4,13-14,21H,5-10H2. The summed E-state index contributed by atoms with van der Waals surface area (Å²) < 4.78 is 37.5. The van der Waals surface area contributed by atoms with Crippen molar-refractivity contribution in [3.8, 4) is 0 Å². The van der Waals surface area contributed by atoms with Crippen LogP contribution in [0.2, 0.25) is 0 Å². The van der Waals surface area contributed by atoms with Gasteiger partial charge in [0.1, 0.15) is 0 Å². The number of nitrogens with zero attached hydrogens (tertiary/aromatic N) is 2. The van der Waals surface area contributed by atoms with Gasteiger partial charge >= 0.3 is 6.18 Å². The molecule has 3 nitrogen and oxygen atoms in total. The van der Waals surface area contributed by atoms with Crippen LogP contribution in [0.4, 0.5) is 13.2 Å². The smallest absolute Gasteiger partial charge is 0.391 e. The van der Waals surface area contributed by atoms with Gasteiger partial charge in [-0.3, -0.25) is 9.80 Å². The first kappa shape index (κ1) is 14.8. The van der Waals surface area contributed by atoms with E-state index in [1.54, 1.807) is 0 Å². The number of aliphatic hydroxyl groups excluding tert-OH is 1. The van der Waals surface area contributed by atoms with Crippen molar-refractivity contribution in [2.45, 2.75) is 24.7 Å². The molecule has 116 valence electrons. The molecule has 2 bridgehead atoms. The van der Waals surface area contributed by atoms with E-state index in [0.29, 0.717) is 6.42 Å². The second-order valence-electron chi connectivity index (χ2n) is 5.87. The fourth-order valence-electron chi connectivity index (χ4n) is 3.23. The molecule has 0 aliphatic carbocycles. The number of fused-ring (bicyclic) bond motifs is 3. The number of hydrogen-bond acceptors (Lipinski definition) is 3. The van der Waals surface area contributed by atoms with Crippen LogP contribution < -0.4 is 0 Å². The molecule has 3 fully saturated rings. The third-order valence-corrected chi connectivity index (χ3v) is 4.49. The zero-order valence-corrected chi connectivity index (χ0v) is 11.7. The maximum Gasteiger partial charge on any atom is 0.416 e. The Morgan fingerprint density at radius 3 is 2.19 bits per heavy atom. The Morgan fingerprint density at radius 1 is 1.10 bits per heavy atom. The molecule has 1 aromatic rings. The van der Waals surface area contributed by atoms with Gasteiger partial charge < -0.3 is 5.11 Å². The summed E-state index contributed by atoms with van der Waals surface area (Å²) in [5, 5.41) is 10.4. The van der Waals surface area contributed by atoms with Crippen LogP contribution in [-0.2, 0) is 12.6 Å². The Kier molecular flexibility index (Phi) is 3.94. The molecule has 2 unspecified atom stereocenters. The van der Waals surface area contributed by atoms with E-state index in [9.17, 15) is 18.3 Å². The molecule has 0 amide bonds. The van der Waals surface area contributed by atoms with Gasteiger partial charge in [0, 0.05) is 38.8 Å². The van der Waals surface area contributed by atoms with Crippen molar-refractivity contribution in [1.82, 2.24) is 9.80 Å². The Bertz CT molecular complexity index is 481. The minimum atomic E-state index is -4.31. The van der Waals surface area contributed by atoms with E-state index in [2.05, 4.69) is 9.80 Å². The molecule has 0 aromatic heterocycles. The van der Waals surface area contributed by atoms with Gasteiger partial charge in [-0.1, -0.05) is 12.1 Å². The number of piperazine rings is 3. The fraction of sp³-hybridized carbons (Fsp3) is 0.600. The lowest BCUT2D eigenvalue weighted by molar-refractivity contribution is -0.137. The van der Waals surface area contributed by atoms with Gasteiger partial charge in [0.2, 0.25) is 0 Å². The Labute approximate surface area is 122 Å². The Balaban J connectivity index is 1.63. The molecule has 21 heavy (non-hydrogen) atoms. The van der Waals surface area contributed by atoms with Gasteiger partial charge in [0.25, 0.3) is 0 Å². The molecule has 1 N–H and O–H groups in total. The molecule has 3 aliphatic heterocycles. The van der Waals surface area contributed by atoms with Gasteiger partial charge in [-0.05, 0) is 24.1 Å². The molecule has 3 heterocycles. The minimum Gasteiger partial charge on any atom is -0.391 e. The predicted octanol–water partition coefficient (Wildman–Crippen LogP) is 1.61. The van der Waals surface area contributed by atoms with Crippen LogP contribution in [0.5, 0.6) is 0 Å². The number of rotatable bonds is 3. The van der Waals surface area contributed by atoms with E-state index in [0.717, 1.165) is 50.4 Å². The van der Waals surface area contributed by atoms with Crippen LogP contribution in [-0.4, -0.2) is 59.8 Å². The number of aliphatic hydroxyl groups is 1. The molecule has 1 aromatic carbocycles. The number of alkyl halides is 3. The van der Waals surface area contributed by atoms with E-state index >= 15 is 0 Å². The van der Waals surface area contributed by atoms with E-state index in [-0.39, 0.29) is 6.04 Å². The Morgan fingerprint density at radius 2 is 1.71 bits per heavy atom. The van der Waals surface area contributed by atoms with Crippen LogP contribution in [0.3, 0.4) is 0 Å². The first-order valence-corrected chi connectivity index (χ1v) is 7.24. The third-order valence-electron chi connectivity index (χ3n) is 4.49. The van der Waals surface area contributed by atoms with Crippen molar-refractivity contribution in [3.63, 3.8) is 0 Å². The summed E-state index contributed by atoms with van der Waals surface area (Å²) in [5.41, 5.74) is 0.0977. The predicted molar refractivity (Wildman–Crippen MR) is 73.0 cm³/mol. The van der Waals surface area contributed by atoms with E-state index < -0.39 is 17.8 Å². The maximum atomic E-state index is 12.5. The van der Waals surface area contributed by atoms with Crippen LogP contribution >= 0.6 is 0 Å². The molecule has 2 atom stereocenters. The molecule has 0 saturated carbocycles. The molecule has 0 radical (unpaired) electrons. The molecule has 6 heteroatoms. The fourth-order valence-corrected chi connectivity index (χ4v) is 3.23. The second-order valence-corrected chi connectivity index (χ2v) is 5.87. The van der Waals surface area contributed by atoms with Crippen molar-refractivity contribution in [1.29, 1.82) is 0 Å². The summed E-state index contributed by atoms with van der Waals surface area (Å²) in [5.74, 6) is 0. The average Bonchev–Trinajstić information content (AvgIpc) is 2.48. The van der Waals surface area contributed by atoms with Gasteiger partial charge in [-0.15, -0.1) is 0 Å². The topological polar surface area (TPSA) is 26.7 Å². The molecule has 3 aliphatic rings.